The van der Waals surface area contributed by atoms with Gasteiger partial charge in [0.25, 0.3) is 0 Å². The number of thiophene rings is 1. The van der Waals surface area contributed by atoms with Crippen LogP contribution in [0.5, 0.6) is 0 Å². The molecular weight excluding hydrogens is 268 g/mol. The molecule has 1 atom stereocenters. The molecule has 0 unspecified atom stereocenters. The number of benzene rings is 1. The molecule has 0 fully saturated rings. The van der Waals surface area contributed by atoms with Gasteiger partial charge in [0.05, 0.1) is 17.6 Å². The van der Waals surface area contributed by atoms with E-state index in [2.05, 4.69) is 40.0 Å². The smallest absolute Gasteiger partial charge is 0.0969 e. The number of rotatable bonds is 5. The maximum absolute atomic E-state index is 4.48. The van der Waals surface area contributed by atoms with Crippen molar-refractivity contribution in [3.63, 3.8) is 0 Å². The van der Waals surface area contributed by atoms with Gasteiger partial charge >= 0.3 is 0 Å². The molecule has 0 bridgehead atoms. The summed E-state index contributed by atoms with van der Waals surface area (Å²) in [6.07, 6.45) is 1.81. The molecule has 5 heteroatoms. The lowest BCUT2D eigenvalue weighted by atomic mass is 10.2. The molecule has 0 spiro atoms. The average molecular weight is 284 g/mol. The monoisotopic (exact) mass is 284 g/mol. The van der Waals surface area contributed by atoms with Gasteiger partial charge in [-0.3, -0.25) is 0 Å². The molecule has 3 aromatic rings. The molecule has 4 nitrogen and oxygen atoms in total. The molecule has 20 heavy (non-hydrogen) atoms. The van der Waals surface area contributed by atoms with Crippen LogP contribution in [-0.4, -0.2) is 15.0 Å². The molecule has 0 aliphatic carbocycles. The number of nitrogens with one attached hydrogen (secondary N) is 1. The SMILES string of the molecule is C[C@@H](NCc1cnn(-c2ccccc2)n1)c1cccs1. The molecule has 0 saturated heterocycles. The highest BCUT2D eigenvalue weighted by Gasteiger charge is 2.07. The molecule has 0 aliphatic rings. The summed E-state index contributed by atoms with van der Waals surface area (Å²) in [6.45, 7) is 2.87. The van der Waals surface area contributed by atoms with Crippen LogP contribution in [0.4, 0.5) is 0 Å². The molecule has 1 aromatic carbocycles. The predicted octanol–water partition coefficient (Wildman–Crippen LogP) is 3.18. The quantitative estimate of drug-likeness (QED) is 0.782. The first-order valence-corrected chi connectivity index (χ1v) is 7.44. The lowest BCUT2D eigenvalue weighted by Gasteiger charge is -2.10. The van der Waals surface area contributed by atoms with Gasteiger partial charge in [-0.2, -0.15) is 15.0 Å². The fourth-order valence-electron chi connectivity index (χ4n) is 1.96. The van der Waals surface area contributed by atoms with Crippen molar-refractivity contribution in [3.05, 3.63) is 64.6 Å². The van der Waals surface area contributed by atoms with Crippen LogP contribution >= 0.6 is 11.3 Å². The fraction of sp³-hybridized carbons (Fsp3) is 0.200. The zero-order valence-corrected chi connectivity index (χ0v) is 12.0. The van der Waals surface area contributed by atoms with Crippen molar-refractivity contribution in [2.24, 2.45) is 0 Å². The van der Waals surface area contributed by atoms with Crippen molar-refractivity contribution >= 4 is 11.3 Å². The molecule has 102 valence electrons. The summed E-state index contributed by atoms with van der Waals surface area (Å²) < 4.78 is 0. The highest BCUT2D eigenvalue weighted by Crippen LogP contribution is 2.18. The number of para-hydroxylation sites is 1. The maximum Gasteiger partial charge on any atom is 0.0969 e. The van der Waals surface area contributed by atoms with Crippen molar-refractivity contribution in [3.8, 4) is 5.69 Å². The van der Waals surface area contributed by atoms with Gasteiger partial charge in [-0.1, -0.05) is 24.3 Å². The molecule has 2 heterocycles. The summed E-state index contributed by atoms with van der Waals surface area (Å²) in [7, 11) is 0. The first-order chi connectivity index (χ1) is 9.83. The lowest BCUT2D eigenvalue weighted by Crippen LogP contribution is -2.17. The van der Waals surface area contributed by atoms with Gasteiger partial charge in [-0.25, -0.2) is 0 Å². The second-order valence-corrected chi connectivity index (χ2v) is 5.56. The molecule has 0 saturated carbocycles. The van der Waals surface area contributed by atoms with Gasteiger partial charge in [0.15, 0.2) is 0 Å². The molecule has 2 aromatic heterocycles. The van der Waals surface area contributed by atoms with Crippen LogP contribution in [0.1, 0.15) is 23.5 Å². The van der Waals surface area contributed by atoms with Crippen molar-refractivity contribution in [2.75, 3.05) is 0 Å². The minimum atomic E-state index is 0.330. The van der Waals surface area contributed by atoms with E-state index in [1.807, 2.05) is 30.3 Å². The Morgan fingerprint density at radius 1 is 1.20 bits per heavy atom. The van der Waals surface area contributed by atoms with Crippen molar-refractivity contribution in [2.45, 2.75) is 19.5 Å². The van der Waals surface area contributed by atoms with Crippen LogP contribution in [0.25, 0.3) is 5.69 Å². The van der Waals surface area contributed by atoms with Gasteiger partial charge < -0.3 is 5.32 Å². The maximum atomic E-state index is 4.48. The van der Waals surface area contributed by atoms with E-state index in [4.69, 9.17) is 0 Å². The third kappa shape index (κ3) is 2.95. The Balaban J connectivity index is 1.63. The standard InChI is InChI=1S/C15H16N4S/c1-12(15-8-5-9-20-15)16-10-13-11-17-19(18-13)14-6-3-2-4-7-14/h2-9,11-12,16H,10H2,1H3/t12-/m1/s1. The Bertz CT molecular complexity index is 646. The zero-order chi connectivity index (χ0) is 13.8. The molecule has 1 N–H and O–H groups in total. The normalized spacial score (nSPS) is 12.4. The molecule has 0 amide bonds. The number of nitrogens with zero attached hydrogens (tertiary/aromatic N) is 3. The zero-order valence-electron chi connectivity index (χ0n) is 11.2. The van der Waals surface area contributed by atoms with Gasteiger partial charge in [0.2, 0.25) is 0 Å². The van der Waals surface area contributed by atoms with Crippen LogP contribution in [-0.2, 0) is 6.54 Å². The molecule has 0 radical (unpaired) electrons. The van der Waals surface area contributed by atoms with Crippen molar-refractivity contribution < 1.29 is 0 Å². The van der Waals surface area contributed by atoms with E-state index < -0.39 is 0 Å². The second kappa shape index (κ2) is 5.98. The minimum Gasteiger partial charge on any atom is -0.304 e. The van der Waals surface area contributed by atoms with Crippen LogP contribution in [0, 0.1) is 0 Å². The summed E-state index contributed by atoms with van der Waals surface area (Å²) >= 11 is 1.76. The molecular formula is C15H16N4S. The van der Waals surface area contributed by atoms with Crippen LogP contribution in [0.2, 0.25) is 0 Å². The van der Waals surface area contributed by atoms with E-state index in [9.17, 15) is 0 Å². The van der Waals surface area contributed by atoms with Crippen molar-refractivity contribution in [1.29, 1.82) is 0 Å². The second-order valence-electron chi connectivity index (χ2n) is 4.58. The van der Waals surface area contributed by atoms with Crippen LogP contribution in [0.3, 0.4) is 0 Å². The van der Waals surface area contributed by atoms with Gasteiger partial charge in [-0.05, 0) is 30.5 Å². The Labute approximate surface area is 122 Å². The van der Waals surface area contributed by atoms with Crippen LogP contribution in [0.15, 0.2) is 54.0 Å². The summed E-state index contributed by atoms with van der Waals surface area (Å²) in [6, 6.07) is 14.5. The fourth-order valence-corrected chi connectivity index (χ4v) is 2.72. The Morgan fingerprint density at radius 2 is 2.05 bits per heavy atom. The topological polar surface area (TPSA) is 42.7 Å². The Morgan fingerprint density at radius 3 is 2.80 bits per heavy atom. The van der Waals surface area contributed by atoms with Crippen LogP contribution < -0.4 is 5.32 Å². The molecule has 0 aliphatic heterocycles. The predicted molar refractivity (Wildman–Crippen MR) is 80.9 cm³/mol. The highest BCUT2D eigenvalue weighted by molar-refractivity contribution is 7.10. The van der Waals surface area contributed by atoms with E-state index in [0.29, 0.717) is 12.6 Å². The van der Waals surface area contributed by atoms with E-state index in [1.165, 1.54) is 4.88 Å². The lowest BCUT2D eigenvalue weighted by molar-refractivity contribution is 0.571. The number of hydrogen-bond donors (Lipinski definition) is 1. The Kier molecular flexibility index (Phi) is 3.90. The van der Waals surface area contributed by atoms with E-state index >= 15 is 0 Å². The Hall–Kier alpha value is -1.98. The third-order valence-electron chi connectivity index (χ3n) is 3.09. The summed E-state index contributed by atoms with van der Waals surface area (Å²) in [5, 5.41) is 14.3. The van der Waals surface area contributed by atoms with Crippen molar-refractivity contribution in [1.82, 2.24) is 20.3 Å². The molecule has 3 rings (SSSR count). The summed E-state index contributed by atoms with van der Waals surface area (Å²) in [4.78, 5) is 2.99. The third-order valence-corrected chi connectivity index (χ3v) is 4.14. The summed E-state index contributed by atoms with van der Waals surface area (Å²) in [5.74, 6) is 0. The summed E-state index contributed by atoms with van der Waals surface area (Å²) in [5.41, 5.74) is 1.92. The van der Waals surface area contributed by atoms with Gasteiger partial charge in [-0.15, -0.1) is 11.3 Å². The van der Waals surface area contributed by atoms with Gasteiger partial charge in [0.1, 0.15) is 0 Å². The first kappa shape index (κ1) is 13.0. The van der Waals surface area contributed by atoms with E-state index in [-0.39, 0.29) is 0 Å². The number of aromatic nitrogens is 3. The minimum absolute atomic E-state index is 0.330. The van der Waals surface area contributed by atoms with E-state index in [1.54, 1.807) is 22.3 Å². The largest absolute Gasteiger partial charge is 0.304 e. The average Bonchev–Trinajstić information content (AvgIpc) is 3.17. The highest BCUT2D eigenvalue weighted by atomic mass is 32.1. The van der Waals surface area contributed by atoms with Gasteiger partial charge in [0, 0.05) is 17.5 Å². The number of hydrogen-bond acceptors (Lipinski definition) is 4. The first-order valence-electron chi connectivity index (χ1n) is 6.56. The van der Waals surface area contributed by atoms with E-state index in [0.717, 1.165) is 11.4 Å².